The maximum absolute atomic E-state index is 4.53. The van der Waals surface area contributed by atoms with Crippen LogP contribution in [0, 0.1) is 5.92 Å². The maximum atomic E-state index is 4.53. The van der Waals surface area contributed by atoms with E-state index >= 15 is 0 Å². The maximum Gasteiger partial charge on any atom is 0.147 e. The average molecular weight is 246 g/mol. The van der Waals surface area contributed by atoms with E-state index in [0.717, 1.165) is 30.0 Å². The van der Waals surface area contributed by atoms with Crippen LogP contribution in [0.4, 0.5) is 5.82 Å². The predicted octanol–water partition coefficient (Wildman–Crippen LogP) is 1.96. The number of hydrogen-bond acceptors (Lipinski definition) is 4. The van der Waals surface area contributed by atoms with Gasteiger partial charge >= 0.3 is 0 Å². The summed E-state index contributed by atoms with van der Waals surface area (Å²) >= 11 is 0. The number of nitrogens with one attached hydrogen (secondary N) is 1. The van der Waals surface area contributed by atoms with Crippen molar-refractivity contribution >= 4 is 5.82 Å². The second kappa shape index (κ2) is 4.84. The van der Waals surface area contributed by atoms with Crippen LogP contribution < -0.4 is 10.2 Å². The molecule has 1 aromatic rings. The first-order valence-electron chi connectivity index (χ1n) is 7.01. The number of rotatable bonds is 6. The third kappa shape index (κ3) is 2.80. The summed E-state index contributed by atoms with van der Waals surface area (Å²) in [6.45, 7) is 3.13. The van der Waals surface area contributed by atoms with Gasteiger partial charge < -0.3 is 10.2 Å². The van der Waals surface area contributed by atoms with Crippen LogP contribution in [0.5, 0.6) is 0 Å². The predicted molar refractivity (Wildman–Crippen MR) is 72.5 cm³/mol. The molecule has 18 heavy (non-hydrogen) atoms. The van der Waals surface area contributed by atoms with Gasteiger partial charge in [-0.15, -0.1) is 0 Å². The molecule has 1 atom stereocenters. The van der Waals surface area contributed by atoms with E-state index in [4.69, 9.17) is 0 Å². The van der Waals surface area contributed by atoms with E-state index in [0.29, 0.717) is 6.04 Å². The molecule has 98 valence electrons. The third-order valence-electron chi connectivity index (χ3n) is 4.12. The van der Waals surface area contributed by atoms with Gasteiger partial charge in [0.2, 0.25) is 0 Å². The Kier molecular flexibility index (Phi) is 3.20. The standard InChI is InChI=1S/C14H22N4/c1-10(11-3-4-11)18(2)14-9-16-13(8-17-14)7-15-12-5-6-12/h8-12,15H,3-7H2,1-2H3. The molecule has 3 rings (SSSR count). The minimum atomic E-state index is 0.578. The minimum Gasteiger partial charge on any atom is -0.355 e. The van der Waals surface area contributed by atoms with Crippen LogP contribution in [0.25, 0.3) is 0 Å². The highest BCUT2D eigenvalue weighted by Gasteiger charge is 2.31. The molecular formula is C14H22N4. The summed E-state index contributed by atoms with van der Waals surface area (Å²) in [5.41, 5.74) is 1.04. The van der Waals surface area contributed by atoms with Crippen LogP contribution in [0.3, 0.4) is 0 Å². The highest BCUT2D eigenvalue weighted by Crippen LogP contribution is 2.35. The lowest BCUT2D eigenvalue weighted by atomic mass is 10.2. The van der Waals surface area contributed by atoms with Gasteiger partial charge in [0.25, 0.3) is 0 Å². The van der Waals surface area contributed by atoms with E-state index in [1.165, 1.54) is 25.7 Å². The van der Waals surface area contributed by atoms with Crippen molar-refractivity contribution in [1.82, 2.24) is 15.3 Å². The summed E-state index contributed by atoms with van der Waals surface area (Å²) in [4.78, 5) is 11.3. The van der Waals surface area contributed by atoms with Gasteiger partial charge in [0.15, 0.2) is 0 Å². The van der Waals surface area contributed by atoms with Crippen LogP contribution >= 0.6 is 0 Å². The molecule has 0 bridgehead atoms. The summed E-state index contributed by atoms with van der Waals surface area (Å²) in [7, 11) is 2.12. The van der Waals surface area contributed by atoms with Crippen molar-refractivity contribution < 1.29 is 0 Å². The number of hydrogen-bond donors (Lipinski definition) is 1. The molecule has 2 saturated carbocycles. The Balaban J connectivity index is 1.58. The Morgan fingerprint density at radius 2 is 2.06 bits per heavy atom. The lowest BCUT2D eigenvalue weighted by molar-refractivity contribution is 0.601. The zero-order chi connectivity index (χ0) is 12.5. The molecule has 0 aromatic carbocycles. The lowest BCUT2D eigenvalue weighted by Gasteiger charge is -2.25. The zero-order valence-corrected chi connectivity index (χ0v) is 11.3. The van der Waals surface area contributed by atoms with E-state index < -0.39 is 0 Å². The van der Waals surface area contributed by atoms with E-state index in [1.807, 2.05) is 12.4 Å². The van der Waals surface area contributed by atoms with Crippen molar-refractivity contribution in [2.24, 2.45) is 5.92 Å². The molecule has 4 heteroatoms. The van der Waals surface area contributed by atoms with E-state index in [9.17, 15) is 0 Å². The van der Waals surface area contributed by atoms with Crippen molar-refractivity contribution in [2.75, 3.05) is 11.9 Å². The molecule has 2 aliphatic rings. The number of nitrogens with zero attached hydrogens (tertiary/aromatic N) is 3. The molecule has 0 aliphatic heterocycles. The fourth-order valence-electron chi connectivity index (χ4n) is 2.26. The first kappa shape index (κ1) is 11.9. The first-order chi connectivity index (χ1) is 8.74. The quantitative estimate of drug-likeness (QED) is 0.833. The Morgan fingerprint density at radius 3 is 2.61 bits per heavy atom. The van der Waals surface area contributed by atoms with Crippen LogP contribution in [0.1, 0.15) is 38.3 Å². The lowest BCUT2D eigenvalue weighted by Crippen LogP contribution is -2.31. The van der Waals surface area contributed by atoms with Gasteiger partial charge in [-0.05, 0) is 38.5 Å². The summed E-state index contributed by atoms with van der Waals surface area (Å²) < 4.78 is 0. The Labute approximate surface area is 109 Å². The van der Waals surface area contributed by atoms with Gasteiger partial charge in [-0.3, -0.25) is 4.98 Å². The van der Waals surface area contributed by atoms with Gasteiger partial charge in [0, 0.05) is 25.7 Å². The van der Waals surface area contributed by atoms with Crippen molar-refractivity contribution in [3.63, 3.8) is 0 Å². The highest BCUT2D eigenvalue weighted by atomic mass is 15.2. The van der Waals surface area contributed by atoms with Crippen LogP contribution in [0.2, 0.25) is 0 Å². The summed E-state index contributed by atoms with van der Waals surface area (Å²) in [6, 6.07) is 1.30. The Morgan fingerprint density at radius 1 is 1.28 bits per heavy atom. The average Bonchev–Trinajstić information content (AvgIpc) is 3.29. The molecule has 1 unspecified atom stereocenters. The molecule has 2 fully saturated rings. The molecule has 0 radical (unpaired) electrons. The second-order valence-corrected chi connectivity index (χ2v) is 5.71. The van der Waals surface area contributed by atoms with Crippen molar-refractivity contribution in [3.8, 4) is 0 Å². The van der Waals surface area contributed by atoms with Gasteiger partial charge in [-0.2, -0.15) is 0 Å². The molecule has 1 heterocycles. The van der Waals surface area contributed by atoms with Gasteiger partial charge in [-0.25, -0.2) is 4.98 Å². The van der Waals surface area contributed by atoms with E-state index in [-0.39, 0.29) is 0 Å². The monoisotopic (exact) mass is 246 g/mol. The first-order valence-corrected chi connectivity index (χ1v) is 7.01. The molecule has 2 aliphatic carbocycles. The molecular weight excluding hydrogens is 224 g/mol. The Bertz CT molecular complexity index is 395. The molecule has 0 amide bonds. The highest BCUT2D eigenvalue weighted by molar-refractivity contribution is 5.36. The smallest absolute Gasteiger partial charge is 0.147 e. The van der Waals surface area contributed by atoms with Gasteiger partial charge in [-0.1, -0.05) is 0 Å². The topological polar surface area (TPSA) is 41.1 Å². The van der Waals surface area contributed by atoms with Crippen molar-refractivity contribution in [2.45, 2.75) is 51.2 Å². The molecule has 1 aromatic heterocycles. The summed E-state index contributed by atoms with van der Waals surface area (Å²) in [5.74, 6) is 1.84. The number of anilines is 1. The van der Waals surface area contributed by atoms with Crippen LogP contribution in [0.15, 0.2) is 12.4 Å². The second-order valence-electron chi connectivity index (χ2n) is 5.71. The van der Waals surface area contributed by atoms with E-state index in [2.05, 4.69) is 34.2 Å². The van der Waals surface area contributed by atoms with Crippen molar-refractivity contribution in [3.05, 3.63) is 18.1 Å². The van der Waals surface area contributed by atoms with Crippen molar-refractivity contribution in [1.29, 1.82) is 0 Å². The molecule has 0 saturated heterocycles. The van der Waals surface area contributed by atoms with Crippen LogP contribution in [-0.4, -0.2) is 29.1 Å². The largest absolute Gasteiger partial charge is 0.355 e. The minimum absolute atomic E-state index is 0.578. The molecule has 0 spiro atoms. The normalized spacial score (nSPS) is 20.8. The van der Waals surface area contributed by atoms with Gasteiger partial charge in [0.05, 0.1) is 18.1 Å². The fraction of sp³-hybridized carbons (Fsp3) is 0.714. The third-order valence-corrected chi connectivity index (χ3v) is 4.12. The zero-order valence-electron chi connectivity index (χ0n) is 11.3. The summed E-state index contributed by atoms with van der Waals surface area (Å²) in [6.07, 6.45) is 9.16. The fourth-order valence-corrected chi connectivity index (χ4v) is 2.26. The van der Waals surface area contributed by atoms with Crippen LogP contribution in [-0.2, 0) is 6.54 Å². The van der Waals surface area contributed by atoms with Gasteiger partial charge in [0.1, 0.15) is 5.82 Å². The molecule has 4 nitrogen and oxygen atoms in total. The Hall–Kier alpha value is -1.16. The SMILES string of the molecule is CC(C1CC1)N(C)c1cnc(CNC2CC2)cn1. The summed E-state index contributed by atoms with van der Waals surface area (Å²) in [5, 5.41) is 3.46. The van der Waals surface area contributed by atoms with E-state index in [1.54, 1.807) is 0 Å². The molecule has 1 N–H and O–H groups in total. The number of aromatic nitrogens is 2.